The summed E-state index contributed by atoms with van der Waals surface area (Å²) in [6.45, 7) is 1.19. The van der Waals surface area contributed by atoms with Gasteiger partial charge >= 0.3 is 0 Å². The zero-order chi connectivity index (χ0) is 21.8. The van der Waals surface area contributed by atoms with Crippen molar-refractivity contribution in [3.05, 3.63) is 77.7 Å². The topological polar surface area (TPSA) is 93.7 Å². The number of amides is 2. The van der Waals surface area contributed by atoms with Gasteiger partial charge < -0.3 is 15.2 Å². The molecule has 0 saturated carbocycles. The van der Waals surface area contributed by atoms with E-state index in [2.05, 4.69) is 20.3 Å². The minimum absolute atomic E-state index is 0.255. The number of guanidine groups is 1. The van der Waals surface area contributed by atoms with Gasteiger partial charge in [0.1, 0.15) is 5.82 Å². The molecule has 1 aliphatic heterocycles. The fraction of sp³-hybridized carbons (Fsp3) is 0.217. The van der Waals surface area contributed by atoms with Crippen LogP contribution >= 0.6 is 0 Å². The predicted molar refractivity (Wildman–Crippen MR) is 119 cm³/mol. The maximum Gasteiger partial charge on any atom is 0.261 e. The van der Waals surface area contributed by atoms with Gasteiger partial charge in [0.25, 0.3) is 11.8 Å². The fourth-order valence-electron chi connectivity index (χ4n) is 3.61. The molecule has 0 bridgehead atoms. The number of aromatic nitrogens is 2. The summed E-state index contributed by atoms with van der Waals surface area (Å²) < 4.78 is 0. The molecule has 2 heterocycles. The number of fused-ring (bicyclic) bond motifs is 1. The highest BCUT2D eigenvalue weighted by molar-refractivity contribution is 6.21. The van der Waals surface area contributed by atoms with Gasteiger partial charge in [0.05, 0.1) is 29.6 Å². The van der Waals surface area contributed by atoms with Crippen molar-refractivity contribution in [2.45, 2.75) is 6.54 Å². The molecule has 0 radical (unpaired) electrons. The minimum atomic E-state index is -0.255. The summed E-state index contributed by atoms with van der Waals surface area (Å²) in [6, 6.07) is 16.9. The number of hydrogen-bond donors (Lipinski definition) is 2. The molecule has 0 atom stereocenters. The summed E-state index contributed by atoms with van der Waals surface area (Å²) >= 11 is 0. The number of nitrogens with zero attached hydrogens (tertiary/aromatic N) is 4. The van der Waals surface area contributed by atoms with Gasteiger partial charge in [-0.25, -0.2) is 4.98 Å². The van der Waals surface area contributed by atoms with Crippen molar-refractivity contribution in [2.24, 2.45) is 4.99 Å². The molecule has 2 amide bonds. The van der Waals surface area contributed by atoms with Gasteiger partial charge in [-0.05, 0) is 17.7 Å². The second-order valence-electron chi connectivity index (χ2n) is 7.25. The quantitative estimate of drug-likeness (QED) is 0.366. The third-order valence-corrected chi connectivity index (χ3v) is 5.17. The first-order chi connectivity index (χ1) is 15.1. The van der Waals surface area contributed by atoms with Crippen molar-refractivity contribution in [3.63, 3.8) is 0 Å². The lowest BCUT2D eigenvalue weighted by atomic mass is 10.1. The second kappa shape index (κ2) is 8.83. The molecule has 1 aliphatic rings. The molecule has 0 saturated heterocycles. The number of nitrogens with one attached hydrogen (secondary N) is 2. The van der Waals surface area contributed by atoms with E-state index in [9.17, 15) is 9.59 Å². The lowest BCUT2D eigenvalue weighted by molar-refractivity contribution is 0.0657. The summed E-state index contributed by atoms with van der Waals surface area (Å²) in [5.41, 5.74) is 2.95. The van der Waals surface area contributed by atoms with Crippen molar-refractivity contribution >= 4 is 17.8 Å². The Balaban J connectivity index is 1.32. The number of imidazole rings is 1. The van der Waals surface area contributed by atoms with Crippen LogP contribution in [0, 0.1) is 0 Å². The molecular formula is C23H24N6O2. The highest BCUT2D eigenvalue weighted by atomic mass is 16.2. The largest absolute Gasteiger partial charge is 0.354 e. The van der Waals surface area contributed by atoms with E-state index in [1.54, 1.807) is 31.3 Å². The van der Waals surface area contributed by atoms with Gasteiger partial charge in [0.2, 0.25) is 0 Å². The van der Waals surface area contributed by atoms with Gasteiger partial charge in [-0.15, -0.1) is 0 Å². The monoisotopic (exact) mass is 416 g/mol. The molecule has 4 rings (SSSR count). The number of carbonyl (C=O) groups excluding carboxylic acids is 2. The molecule has 0 aliphatic carbocycles. The number of H-pyrrole nitrogens is 1. The van der Waals surface area contributed by atoms with Crippen molar-refractivity contribution < 1.29 is 9.59 Å². The molecule has 0 spiro atoms. The summed E-state index contributed by atoms with van der Waals surface area (Å²) in [7, 11) is 3.60. The zero-order valence-corrected chi connectivity index (χ0v) is 17.5. The molecule has 1 aromatic heterocycles. The number of hydrogen-bond acceptors (Lipinski definition) is 4. The van der Waals surface area contributed by atoms with Crippen molar-refractivity contribution in [1.82, 2.24) is 25.1 Å². The lowest BCUT2D eigenvalue weighted by Crippen LogP contribution is -2.43. The van der Waals surface area contributed by atoms with Gasteiger partial charge in [-0.3, -0.25) is 19.5 Å². The molecule has 3 aromatic rings. The van der Waals surface area contributed by atoms with Crippen LogP contribution in [0.4, 0.5) is 0 Å². The van der Waals surface area contributed by atoms with Gasteiger partial charge in [0, 0.05) is 27.2 Å². The third-order valence-electron chi connectivity index (χ3n) is 5.17. The van der Waals surface area contributed by atoms with Crippen LogP contribution in [0.5, 0.6) is 0 Å². The van der Waals surface area contributed by atoms with Gasteiger partial charge in [-0.1, -0.05) is 42.5 Å². The Morgan fingerprint density at radius 2 is 1.71 bits per heavy atom. The Bertz CT molecular complexity index is 1090. The molecule has 0 fully saturated rings. The van der Waals surface area contributed by atoms with E-state index in [1.807, 2.05) is 48.5 Å². The standard InChI is InChI=1S/C23H24N6O2/c1-24-23(25-12-13-29-21(30)17-10-6-7-11-18(17)22(29)31)28(2)15-20-26-14-19(27-20)16-8-4-3-5-9-16/h3-11,14H,12-13,15H2,1-2H3,(H,24,25)(H,26,27). The first kappa shape index (κ1) is 20.3. The van der Waals surface area contributed by atoms with E-state index >= 15 is 0 Å². The fourth-order valence-corrected chi connectivity index (χ4v) is 3.61. The van der Waals surface area contributed by atoms with Crippen LogP contribution in [0.2, 0.25) is 0 Å². The lowest BCUT2D eigenvalue weighted by Gasteiger charge is -2.22. The van der Waals surface area contributed by atoms with E-state index < -0.39 is 0 Å². The van der Waals surface area contributed by atoms with Crippen LogP contribution in [0.3, 0.4) is 0 Å². The highest BCUT2D eigenvalue weighted by Crippen LogP contribution is 2.21. The second-order valence-corrected chi connectivity index (χ2v) is 7.25. The van der Waals surface area contributed by atoms with E-state index in [4.69, 9.17) is 0 Å². The number of carbonyl (C=O) groups is 2. The minimum Gasteiger partial charge on any atom is -0.354 e. The summed E-state index contributed by atoms with van der Waals surface area (Å²) in [5.74, 6) is 0.948. The molecular weight excluding hydrogens is 392 g/mol. The SMILES string of the molecule is CN=C(NCCN1C(=O)c2ccccc2C1=O)N(C)Cc1ncc(-c2ccccc2)[nH]1. The smallest absolute Gasteiger partial charge is 0.261 e. The van der Waals surface area contributed by atoms with Gasteiger partial charge in [-0.2, -0.15) is 0 Å². The molecule has 158 valence electrons. The van der Waals surface area contributed by atoms with Gasteiger partial charge in [0.15, 0.2) is 5.96 Å². The van der Waals surface area contributed by atoms with Crippen LogP contribution in [0.25, 0.3) is 11.3 Å². The van der Waals surface area contributed by atoms with E-state index in [0.717, 1.165) is 17.1 Å². The Kier molecular flexibility index (Phi) is 5.79. The van der Waals surface area contributed by atoms with Crippen LogP contribution in [-0.4, -0.2) is 64.7 Å². The molecule has 8 nitrogen and oxygen atoms in total. The van der Waals surface area contributed by atoms with Crippen molar-refractivity contribution in [2.75, 3.05) is 27.2 Å². The average Bonchev–Trinajstić information content (AvgIpc) is 3.36. The number of benzene rings is 2. The van der Waals surface area contributed by atoms with Crippen molar-refractivity contribution in [1.29, 1.82) is 0 Å². The summed E-state index contributed by atoms with van der Waals surface area (Å²) in [6.07, 6.45) is 1.82. The maximum atomic E-state index is 12.5. The molecule has 0 unspecified atom stereocenters. The Hall–Kier alpha value is -3.94. The molecule has 2 N–H and O–H groups in total. The summed E-state index contributed by atoms with van der Waals surface area (Å²) in [4.78, 5) is 40.2. The zero-order valence-electron chi connectivity index (χ0n) is 17.5. The molecule has 31 heavy (non-hydrogen) atoms. The van der Waals surface area contributed by atoms with E-state index in [-0.39, 0.29) is 18.4 Å². The first-order valence-corrected chi connectivity index (χ1v) is 10.0. The number of aliphatic imine (C=N–C) groups is 1. The normalized spacial score (nSPS) is 13.5. The predicted octanol–water partition coefficient (Wildman–Crippen LogP) is 2.38. The van der Waals surface area contributed by atoms with Crippen LogP contribution in [0.15, 0.2) is 65.8 Å². The highest BCUT2D eigenvalue weighted by Gasteiger charge is 2.34. The van der Waals surface area contributed by atoms with Crippen molar-refractivity contribution in [3.8, 4) is 11.3 Å². The number of rotatable bonds is 6. The van der Waals surface area contributed by atoms with Crippen LogP contribution < -0.4 is 5.32 Å². The Morgan fingerprint density at radius 1 is 1.06 bits per heavy atom. The number of imide groups is 1. The third kappa shape index (κ3) is 4.18. The Morgan fingerprint density at radius 3 is 2.35 bits per heavy atom. The molecule has 2 aromatic carbocycles. The summed E-state index contributed by atoms with van der Waals surface area (Å²) in [5, 5.41) is 3.21. The first-order valence-electron chi connectivity index (χ1n) is 10.0. The average molecular weight is 416 g/mol. The van der Waals surface area contributed by atoms with E-state index in [1.165, 1.54) is 4.90 Å². The number of aromatic amines is 1. The van der Waals surface area contributed by atoms with Crippen LogP contribution in [-0.2, 0) is 6.54 Å². The molecule has 8 heteroatoms. The maximum absolute atomic E-state index is 12.5. The van der Waals surface area contributed by atoms with E-state index in [0.29, 0.717) is 30.2 Å². The van der Waals surface area contributed by atoms with Crippen LogP contribution in [0.1, 0.15) is 26.5 Å². The Labute approximate surface area is 180 Å².